The molecule has 3 aliphatic heterocycles. The van der Waals surface area contributed by atoms with Crippen molar-refractivity contribution in [1.29, 1.82) is 0 Å². The normalized spacial score (nSPS) is 49.6. The van der Waals surface area contributed by atoms with E-state index in [0.717, 1.165) is 56.3 Å². The van der Waals surface area contributed by atoms with E-state index in [2.05, 4.69) is 19.2 Å². The van der Waals surface area contributed by atoms with Gasteiger partial charge in [-0.25, -0.2) is 0 Å². The number of Topliss-reactive ketones (excluding diaryl/α,β-unsaturated/α-hetero) is 1. The van der Waals surface area contributed by atoms with E-state index in [1.165, 1.54) is 0 Å². The van der Waals surface area contributed by atoms with Crippen LogP contribution in [0, 0.1) is 46.3 Å². The van der Waals surface area contributed by atoms with Gasteiger partial charge in [0, 0.05) is 44.7 Å². The molecule has 0 spiro atoms. The number of amides is 1. The fourth-order valence-corrected chi connectivity index (χ4v) is 13.0. The van der Waals surface area contributed by atoms with E-state index < -0.39 is 53.1 Å². The van der Waals surface area contributed by atoms with Gasteiger partial charge in [-0.05, 0) is 117 Å². The van der Waals surface area contributed by atoms with Crippen molar-refractivity contribution in [3.8, 4) is 0 Å². The first-order valence-electron chi connectivity index (χ1n) is 19.6. The zero-order chi connectivity index (χ0) is 35.5. The van der Waals surface area contributed by atoms with Crippen LogP contribution in [0.4, 0.5) is 0 Å². The maximum atomic E-state index is 14.5. The van der Waals surface area contributed by atoms with E-state index in [-0.39, 0.29) is 52.8 Å². The van der Waals surface area contributed by atoms with Gasteiger partial charge in [-0.3, -0.25) is 14.9 Å². The highest BCUT2D eigenvalue weighted by atomic mass is 16.5. The topological polar surface area (TPSA) is 158 Å². The van der Waals surface area contributed by atoms with Crippen LogP contribution in [0.1, 0.15) is 91.9 Å². The van der Waals surface area contributed by atoms with E-state index in [1.54, 1.807) is 18.9 Å². The van der Waals surface area contributed by atoms with Gasteiger partial charge in [-0.15, -0.1) is 0 Å². The number of nitrogens with zero attached hydrogens (tertiary/aromatic N) is 1. The second-order valence-electron chi connectivity index (χ2n) is 18.2. The van der Waals surface area contributed by atoms with Gasteiger partial charge in [0.15, 0.2) is 5.78 Å². The zero-order valence-electron chi connectivity index (χ0n) is 30.6. The molecule has 280 valence electrons. The third kappa shape index (κ3) is 4.96. The molecule has 50 heavy (non-hydrogen) atoms. The molecule has 0 aromatic heterocycles. The molecule has 0 radical (unpaired) electrons. The lowest BCUT2D eigenvalue weighted by molar-refractivity contribution is -0.204. The number of ether oxygens (including phenoxy) is 3. The molecule has 1 amide bonds. The van der Waals surface area contributed by atoms with E-state index in [4.69, 9.17) is 14.2 Å². The Kier molecular flexibility index (Phi) is 8.75. The third-order valence-electron chi connectivity index (χ3n) is 15.9. The van der Waals surface area contributed by atoms with E-state index in [9.17, 15) is 30.0 Å². The molecule has 0 bridgehead atoms. The van der Waals surface area contributed by atoms with E-state index >= 15 is 0 Å². The third-order valence-corrected chi connectivity index (χ3v) is 15.9. The zero-order valence-corrected chi connectivity index (χ0v) is 30.6. The van der Waals surface area contributed by atoms with Crippen molar-refractivity contribution in [3.63, 3.8) is 0 Å². The summed E-state index contributed by atoms with van der Waals surface area (Å²) in [5.74, 6) is -0.767. The first-order valence-corrected chi connectivity index (χ1v) is 19.6. The number of aliphatic hydroxyl groups is 4. The van der Waals surface area contributed by atoms with Crippen LogP contribution >= 0.6 is 0 Å². The molecule has 16 atom stereocenters. The van der Waals surface area contributed by atoms with Crippen molar-refractivity contribution in [3.05, 3.63) is 11.1 Å². The molecule has 5 N–H and O–H groups in total. The number of carbonyl (C=O) groups excluding carboxylic acids is 2. The summed E-state index contributed by atoms with van der Waals surface area (Å²) in [5.41, 5.74) is -2.08. The van der Waals surface area contributed by atoms with Crippen LogP contribution in [0.5, 0.6) is 0 Å². The predicted molar refractivity (Wildman–Crippen MR) is 182 cm³/mol. The number of piperidine rings is 1. The van der Waals surface area contributed by atoms with Crippen LogP contribution < -0.4 is 5.32 Å². The smallest absolute Gasteiger partial charge is 0.239 e. The number of rotatable bonds is 9. The number of hydrogen-bond acceptors (Lipinski definition) is 10. The molecule has 5 aliphatic carbocycles. The first kappa shape index (κ1) is 35.6. The molecule has 8 rings (SSSR count). The molecule has 3 heterocycles. The maximum absolute atomic E-state index is 14.5. The molecule has 0 aromatic carbocycles. The lowest BCUT2D eigenvalue weighted by Gasteiger charge is -2.63. The Balaban J connectivity index is 1.05. The summed E-state index contributed by atoms with van der Waals surface area (Å²) in [4.78, 5) is 29.1. The summed E-state index contributed by atoms with van der Waals surface area (Å²) in [6.45, 7) is 10.8. The van der Waals surface area contributed by atoms with Gasteiger partial charge in [0.05, 0.1) is 29.5 Å². The quantitative estimate of drug-likeness (QED) is 0.179. The largest absolute Gasteiger partial charge is 0.387 e. The van der Waals surface area contributed by atoms with E-state index in [1.807, 2.05) is 6.92 Å². The fraction of sp³-hybridized carbons (Fsp3) is 0.897. The molecular formula is C39H60N2O9. The minimum Gasteiger partial charge on any atom is -0.387 e. The molecule has 3 saturated heterocycles. The number of methoxy groups -OCH3 is 1. The lowest BCUT2D eigenvalue weighted by Crippen LogP contribution is -2.65. The van der Waals surface area contributed by atoms with E-state index in [0.29, 0.717) is 45.3 Å². The Morgan fingerprint density at radius 3 is 2.60 bits per heavy atom. The highest BCUT2D eigenvalue weighted by molar-refractivity contribution is 6.00. The number of ketones is 1. The number of aliphatic hydroxyl groups excluding tert-OH is 2. The predicted octanol–water partition coefficient (Wildman–Crippen LogP) is 2.33. The molecule has 3 saturated carbocycles. The van der Waals surface area contributed by atoms with Gasteiger partial charge >= 0.3 is 0 Å². The summed E-state index contributed by atoms with van der Waals surface area (Å²) in [7, 11) is 1.69. The van der Waals surface area contributed by atoms with Gasteiger partial charge in [0.1, 0.15) is 18.4 Å². The molecule has 0 aromatic rings. The van der Waals surface area contributed by atoms with Crippen molar-refractivity contribution in [1.82, 2.24) is 10.2 Å². The molecular weight excluding hydrogens is 640 g/mol. The number of fused-ring (bicyclic) bond motifs is 3. The van der Waals surface area contributed by atoms with Crippen molar-refractivity contribution in [2.24, 2.45) is 46.3 Å². The summed E-state index contributed by atoms with van der Waals surface area (Å²) in [6, 6.07) is -0.497. The monoisotopic (exact) mass is 700 g/mol. The molecule has 6 fully saturated rings. The second-order valence-corrected chi connectivity index (χ2v) is 18.2. The van der Waals surface area contributed by atoms with Gasteiger partial charge in [0.25, 0.3) is 0 Å². The van der Waals surface area contributed by atoms with Crippen molar-refractivity contribution < 1.29 is 44.2 Å². The van der Waals surface area contributed by atoms with Crippen LogP contribution in [0.2, 0.25) is 0 Å². The number of carbonyl (C=O) groups is 2. The number of nitrogens with one attached hydrogen (secondary N) is 1. The standard InChI is InChI=1S/C39H60N2O9/c1-20-24-19-27(35(45)41-13-14-41)40-34(44)32(24)50-31(20)33(43)38(4,46)28-17-21-7-8-23-29-25(10-12-37(28,3)39(21,29)47)36(2)11-9-22(18-26(36)30(23)42)49-16-6-15-48-5/h20-22,24-28,31-34,40,43-44,46-47H,6-19H2,1-5H3. The highest BCUT2D eigenvalue weighted by Gasteiger charge is 2.74. The van der Waals surface area contributed by atoms with Crippen molar-refractivity contribution in [2.45, 2.75) is 140 Å². The van der Waals surface area contributed by atoms with Gasteiger partial charge in [-0.1, -0.05) is 20.8 Å². The van der Waals surface area contributed by atoms with Crippen LogP contribution in [0.3, 0.4) is 0 Å². The molecule has 8 aliphatic rings. The van der Waals surface area contributed by atoms with Gasteiger partial charge in [0.2, 0.25) is 5.91 Å². The van der Waals surface area contributed by atoms with Crippen molar-refractivity contribution >= 4 is 11.7 Å². The minimum absolute atomic E-state index is 0.00889. The summed E-state index contributed by atoms with van der Waals surface area (Å²) < 4.78 is 17.8. The first-order chi connectivity index (χ1) is 23.7. The minimum atomic E-state index is -1.61. The van der Waals surface area contributed by atoms with Crippen LogP contribution in [-0.2, 0) is 23.8 Å². The van der Waals surface area contributed by atoms with Crippen molar-refractivity contribution in [2.75, 3.05) is 33.4 Å². The Morgan fingerprint density at radius 2 is 1.88 bits per heavy atom. The Hall–Kier alpha value is -1.44. The number of hydrogen-bond donors (Lipinski definition) is 5. The van der Waals surface area contributed by atoms with Crippen LogP contribution in [-0.4, -0.2) is 118 Å². The summed E-state index contributed by atoms with van der Waals surface area (Å²) in [5, 5.41) is 52.0. The summed E-state index contributed by atoms with van der Waals surface area (Å²) in [6.07, 6.45) is 3.61. The summed E-state index contributed by atoms with van der Waals surface area (Å²) >= 11 is 0. The van der Waals surface area contributed by atoms with Crippen LogP contribution in [0.15, 0.2) is 11.1 Å². The van der Waals surface area contributed by atoms with Crippen LogP contribution in [0.25, 0.3) is 0 Å². The number of allylic oxidation sites excluding steroid dienone is 1. The van der Waals surface area contributed by atoms with Gasteiger partial charge < -0.3 is 39.5 Å². The maximum Gasteiger partial charge on any atom is 0.239 e. The van der Waals surface area contributed by atoms with Gasteiger partial charge in [-0.2, -0.15) is 0 Å². The molecule has 11 nitrogen and oxygen atoms in total. The molecule has 16 unspecified atom stereocenters. The average molecular weight is 701 g/mol. The molecule has 11 heteroatoms. The SMILES string of the molecule is COCCCOC1CCC2(C)C(C1)C(=O)C1=C3C2CCC2(C)C(C(C)(O)C(O)C4OC5C(O)NC(C(=O)N6CC6)CC5C4C)CC(CC1)C32O. The lowest BCUT2D eigenvalue weighted by atomic mass is 9.42. The highest BCUT2D eigenvalue weighted by Crippen LogP contribution is 2.73. The Morgan fingerprint density at radius 1 is 1.12 bits per heavy atom. The fourth-order valence-electron chi connectivity index (χ4n) is 13.0. The second kappa shape index (κ2) is 12.3. The average Bonchev–Trinajstić information content (AvgIpc) is 3.84. The Labute approximate surface area is 296 Å². The Bertz CT molecular complexity index is 1420.